The molecule has 42 heavy (non-hydrogen) atoms. The van der Waals surface area contributed by atoms with Crippen LogP contribution in [-0.2, 0) is 38.3 Å². The third kappa shape index (κ3) is 4.76. The lowest BCUT2D eigenvalue weighted by Crippen LogP contribution is -2.61. The molecule has 0 saturated heterocycles. The lowest BCUT2D eigenvalue weighted by atomic mass is 9.57. The summed E-state index contributed by atoms with van der Waals surface area (Å²) >= 11 is 6.21. The van der Waals surface area contributed by atoms with Gasteiger partial charge in [-0.05, 0) is 84.6 Å². The largest absolute Gasteiger partial charge is 0.468 e. The van der Waals surface area contributed by atoms with Crippen LogP contribution in [0.15, 0.2) is 54.6 Å². The van der Waals surface area contributed by atoms with E-state index in [9.17, 15) is 14.4 Å². The quantitative estimate of drug-likeness (QED) is 0.174. The van der Waals surface area contributed by atoms with E-state index < -0.39 is 24.3 Å². The Morgan fingerprint density at radius 3 is 2.19 bits per heavy atom. The van der Waals surface area contributed by atoms with Crippen LogP contribution < -0.4 is 10.7 Å². The number of halogens is 1. The van der Waals surface area contributed by atoms with Gasteiger partial charge in [-0.15, -0.1) is 11.6 Å². The van der Waals surface area contributed by atoms with E-state index in [0.29, 0.717) is 17.9 Å². The first kappa shape index (κ1) is 29.7. The zero-order valence-electron chi connectivity index (χ0n) is 24.8. The highest BCUT2D eigenvalue weighted by Crippen LogP contribution is 2.43. The normalized spacial score (nSPS) is 15.9. The fraction of sp³-hybridized carbons (Fsp3) is 0.364. The number of nitrogens with one attached hydrogen (secondary N) is 1. The van der Waals surface area contributed by atoms with Gasteiger partial charge in [-0.1, -0.05) is 42.5 Å². The van der Waals surface area contributed by atoms with Crippen LogP contribution in [0.2, 0.25) is 0 Å². The molecule has 0 radical (unpaired) electrons. The molecule has 0 fully saturated rings. The maximum absolute atomic E-state index is 14.3. The summed E-state index contributed by atoms with van der Waals surface area (Å²) in [5.74, 6) is -0.794. The Kier molecular flexibility index (Phi) is 8.38. The van der Waals surface area contributed by atoms with Gasteiger partial charge in [0.15, 0.2) is 5.41 Å². The van der Waals surface area contributed by atoms with E-state index >= 15 is 0 Å². The molecule has 9 heteroatoms. The molecule has 5 rings (SSSR count). The van der Waals surface area contributed by atoms with Gasteiger partial charge in [0.2, 0.25) is 5.91 Å². The Morgan fingerprint density at radius 2 is 1.57 bits per heavy atom. The summed E-state index contributed by atoms with van der Waals surface area (Å²) in [5.41, 5.74) is 6.84. The van der Waals surface area contributed by atoms with Crippen molar-refractivity contribution in [3.8, 4) is 0 Å². The van der Waals surface area contributed by atoms with Crippen molar-refractivity contribution >= 4 is 47.6 Å². The molecule has 1 N–H and O–H groups in total. The summed E-state index contributed by atoms with van der Waals surface area (Å²) in [6.45, 7) is 5.62. The third-order valence-corrected chi connectivity index (χ3v) is 9.32. The lowest BCUT2D eigenvalue weighted by molar-refractivity contribution is -0.168. The summed E-state index contributed by atoms with van der Waals surface area (Å²) in [6, 6.07) is 17.3. The molecule has 1 atom stereocenters. The zero-order valence-corrected chi connectivity index (χ0v) is 25.5. The van der Waals surface area contributed by atoms with Crippen molar-refractivity contribution in [3.05, 3.63) is 93.5 Å². The zero-order chi connectivity index (χ0) is 30.2. The van der Waals surface area contributed by atoms with E-state index in [4.69, 9.17) is 21.1 Å². The average molecular weight is 587 g/mol. The average Bonchev–Trinajstić information content (AvgIpc) is 3.44. The summed E-state index contributed by atoms with van der Waals surface area (Å²) in [4.78, 5) is 42.5. The molecule has 3 aromatic carbocycles. The lowest BCUT2D eigenvalue weighted by Gasteiger charge is -2.41. The van der Waals surface area contributed by atoms with Crippen molar-refractivity contribution in [2.75, 3.05) is 25.3 Å². The molecular formula is C33H36BClN2O5. The predicted molar refractivity (Wildman–Crippen MR) is 165 cm³/mol. The van der Waals surface area contributed by atoms with Gasteiger partial charge in [-0.25, -0.2) is 0 Å². The molecule has 3 aromatic rings. The van der Waals surface area contributed by atoms with Crippen LogP contribution >= 0.6 is 11.6 Å². The number of amides is 1. The molecule has 1 aliphatic heterocycles. The highest BCUT2D eigenvalue weighted by Gasteiger charge is 2.54. The molecule has 0 spiro atoms. The third-order valence-electron chi connectivity index (χ3n) is 9.06. The van der Waals surface area contributed by atoms with E-state index in [-0.39, 0.29) is 24.8 Å². The monoisotopic (exact) mass is 586 g/mol. The number of carbonyl (C=O) groups is 3. The van der Waals surface area contributed by atoms with Gasteiger partial charge in [0.05, 0.1) is 19.8 Å². The Balaban J connectivity index is 1.74. The number of benzene rings is 3. The minimum Gasteiger partial charge on any atom is -0.468 e. The standard InChI is InChI=1S/C33H36BClN2O5/c1-20-24(15-11-17-35)29(21(2)27-19-33(18-26(20)27,31(39)41-4)32(40)42-5)34-36-28-16-10-9-14-25(28)30(38)37(34)22(3)23-12-7-6-8-13-23/h6-10,12-14,16,22,36H,11,15,17-19H2,1-5H3/t22-/m0/s1. The highest BCUT2D eigenvalue weighted by molar-refractivity contribution is 6.78. The molecule has 0 aromatic heterocycles. The predicted octanol–water partition coefficient (Wildman–Crippen LogP) is 4.93. The molecule has 1 amide bonds. The second-order valence-corrected chi connectivity index (χ2v) is 11.6. The van der Waals surface area contributed by atoms with Crippen molar-refractivity contribution in [1.29, 1.82) is 0 Å². The number of para-hydroxylation sites is 1. The maximum atomic E-state index is 14.3. The molecule has 1 aliphatic carbocycles. The van der Waals surface area contributed by atoms with Gasteiger partial charge in [0.1, 0.15) is 0 Å². The van der Waals surface area contributed by atoms with Crippen LogP contribution in [0.25, 0.3) is 0 Å². The van der Waals surface area contributed by atoms with Crippen LogP contribution in [0.1, 0.15) is 63.1 Å². The number of rotatable bonds is 8. The number of esters is 2. The minimum absolute atomic E-state index is 0.0648. The minimum atomic E-state index is -1.46. The molecule has 218 valence electrons. The van der Waals surface area contributed by atoms with Crippen molar-refractivity contribution in [2.24, 2.45) is 5.41 Å². The Labute approximate surface area is 252 Å². The molecule has 1 heterocycles. The van der Waals surface area contributed by atoms with Crippen molar-refractivity contribution in [2.45, 2.75) is 52.5 Å². The number of methoxy groups -OCH3 is 2. The number of fused-ring (bicyclic) bond motifs is 2. The smallest absolute Gasteiger partial charge is 0.412 e. The number of alkyl halides is 1. The summed E-state index contributed by atoms with van der Waals surface area (Å²) in [5, 5.41) is 3.70. The van der Waals surface area contributed by atoms with Gasteiger partial charge >= 0.3 is 18.9 Å². The van der Waals surface area contributed by atoms with E-state index in [1.54, 1.807) is 0 Å². The summed E-state index contributed by atoms with van der Waals surface area (Å²) in [6.07, 6.45) is 1.79. The molecule has 0 saturated carbocycles. The number of nitrogens with zero attached hydrogens (tertiary/aromatic N) is 1. The summed E-state index contributed by atoms with van der Waals surface area (Å²) in [7, 11) is 2.59. The number of hydrogen-bond acceptors (Lipinski definition) is 6. The molecule has 0 unspecified atom stereocenters. The SMILES string of the molecule is COC(=O)C1(C(=O)OC)Cc2c(C)c(CCCCl)c(B3Nc4ccccc4C(=O)N3[C@@H](C)c3ccccc3)c(C)c2C1. The number of ether oxygens (including phenoxy) is 2. The van der Waals surface area contributed by atoms with Gasteiger partial charge in [-0.2, -0.15) is 0 Å². The van der Waals surface area contributed by atoms with Crippen LogP contribution in [-0.4, -0.2) is 49.7 Å². The number of carbonyl (C=O) groups excluding carboxylic acids is 3. The molecule has 7 nitrogen and oxygen atoms in total. The van der Waals surface area contributed by atoms with Crippen LogP contribution in [0.4, 0.5) is 5.69 Å². The molecule has 0 bridgehead atoms. The first-order chi connectivity index (χ1) is 20.2. The van der Waals surface area contributed by atoms with Gasteiger partial charge in [-0.3, -0.25) is 14.4 Å². The Morgan fingerprint density at radius 1 is 0.976 bits per heavy atom. The van der Waals surface area contributed by atoms with Crippen LogP contribution in [0.5, 0.6) is 0 Å². The second kappa shape index (κ2) is 11.8. The van der Waals surface area contributed by atoms with Gasteiger partial charge in [0.25, 0.3) is 0 Å². The van der Waals surface area contributed by atoms with Crippen LogP contribution in [0.3, 0.4) is 0 Å². The highest BCUT2D eigenvalue weighted by atomic mass is 35.5. The second-order valence-electron chi connectivity index (χ2n) is 11.2. The van der Waals surface area contributed by atoms with Gasteiger partial charge < -0.3 is 19.5 Å². The number of hydrogen-bond donors (Lipinski definition) is 1. The van der Waals surface area contributed by atoms with E-state index in [1.807, 2.05) is 80.2 Å². The van der Waals surface area contributed by atoms with E-state index in [1.165, 1.54) is 14.2 Å². The molecular weight excluding hydrogens is 551 g/mol. The number of anilines is 1. The fourth-order valence-corrected chi connectivity index (χ4v) is 6.97. The Bertz CT molecular complexity index is 1530. The first-order valence-electron chi connectivity index (χ1n) is 14.3. The van der Waals surface area contributed by atoms with Crippen molar-refractivity contribution < 1.29 is 23.9 Å². The van der Waals surface area contributed by atoms with Gasteiger partial charge in [0, 0.05) is 30.5 Å². The van der Waals surface area contributed by atoms with Crippen LogP contribution in [0, 0.1) is 19.3 Å². The topological polar surface area (TPSA) is 84.9 Å². The van der Waals surface area contributed by atoms with Crippen molar-refractivity contribution in [1.82, 2.24) is 4.81 Å². The first-order valence-corrected chi connectivity index (χ1v) is 14.8. The maximum Gasteiger partial charge on any atom is 0.412 e. The van der Waals surface area contributed by atoms with E-state index in [0.717, 1.165) is 51.0 Å². The fourth-order valence-electron chi connectivity index (χ4n) is 6.84. The van der Waals surface area contributed by atoms with Crippen molar-refractivity contribution in [3.63, 3.8) is 0 Å². The molecule has 2 aliphatic rings. The summed E-state index contributed by atoms with van der Waals surface area (Å²) < 4.78 is 10.3. The van der Waals surface area contributed by atoms with E-state index in [2.05, 4.69) is 5.23 Å². The Hall–Kier alpha value is -3.78.